The van der Waals surface area contributed by atoms with Crippen LogP contribution in [0.3, 0.4) is 0 Å². The maximum absolute atomic E-state index is 12.1. The van der Waals surface area contributed by atoms with E-state index >= 15 is 0 Å². The van der Waals surface area contributed by atoms with Gasteiger partial charge in [0.25, 0.3) is 0 Å². The van der Waals surface area contributed by atoms with Gasteiger partial charge in [-0.1, -0.05) is 116 Å². The predicted octanol–water partition coefficient (Wildman–Crippen LogP) is -2.46. The Morgan fingerprint density at radius 1 is 0.446 bits per heavy atom. The van der Waals surface area contributed by atoms with Gasteiger partial charge < -0.3 is 148 Å². The van der Waals surface area contributed by atoms with E-state index in [0.717, 1.165) is 78.3 Å². The number of aromatic nitrogens is 6. The lowest BCUT2D eigenvalue weighted by Gasteiger charge is -2.39. The molecule has 40 heteroatoms. The molecule has 3 aromatic heterocycles. The zero-order valence-corrected chi connectivity index (χ0v) is 70.1. The number of aliphatic hydroxyl groups excluding tert-OH is 15. The van der Waals surface area contributed by atoms with E-state index in [1.807, 2.05) is 116 Å². The summed E-state index contributed by atoms with van der Waals surface area (Å²) in [7, 11) is 0. The van der Waals surface area contributed by atoms with Crippen LogP contribution in [0, 0.1) is 19.8 Å². The van der Waals surface area contributed by atoms with Gasteiger partial charge in [-0.15, -0.1) is 15.3 Å². The van der Waals surface area contributed by atoms with E-state index in [0.29, 0.717) is 51.6 Å². The molecule has 6 heterocycles. The number of carbonyl (C=O) groups excluding carboxylic acids is 5. The van der Waals surface area contributed by atoms with Crippen LogP contribution in [0.2, 0.25) is 0 Å². The summed E-state index contributed by atoms with van der Waals surface area (Å²) in [6, 6.07) is 16.1. The molecule has 674 valence electrons. The molecule has 3 aromatic carbocycles. The lowest BCUT2D eigenvalue weighted by Crippen LogP contribution is -2.60. The van der Waals surface area contributed by atoms with E-state index in [4.69, 9.17) is 39.9 Å². The van der Waals surface area contributed by atoms with Gasteiger partial charge in [-0.2, -0.15) is 0 Å². The number of primary amides is 2. The molecule has 3 aliphatic rings. The molecule has 0 radical (unpaired) electrons. The van der Waals surface area contributed by atoms with Crippen molar-refractivity contribution in [2.45, 2.75) is 255 Å². The van der Waals surface area contributed by atoms with E-state index in [-0.39, 0.29) is 61.1 Å². The number of ether oxygens (including phenoxy) is 6. The maximum Gasteiger partial charge on any atom is 0.315 e. The molecule has 0 aliphatic carbocycles. The average molecular weight is 1710 g/mol. The van der Waals surface area contributed by atoms with Crippen LogP contribution in [0.15, 0.2) is 60.7 Å². The Bertz CT molecular complexity index is 4270. The van der Waals surface area contributed by atoms with Gasteiger partial charge in [-0.25, -0.2) is 14.4 Å². The first-order valence-corrected chi connectivity index (χ1v) is 40.2. The molecule has 0 unspecified atom stereocenters. The maximum atomic E-state index is 12.1. The Morgan fingerprint density at radius 3 is 1.07 bits per heavy atom. The highest BCUT2D eigenvalue weighted by Crippen LogP contribution is 2.36. The van der Waals surface area contributed by atoms with E-state index in [9.17, 15) is 101 Å². The molecule has 0 saturated carbocycles. The molecular formula is C81H124N14O26. The molecule has 40 nitrogen and oxygen atoms in total. The third-order valence-corrected chi connectivity index (χ3v) is 21.0. The molecule has 0 bridgehead atoms. The van der Waals surface area contributed by atoms with Crippen LogP contribution in [0.4, 0.5) is 14.4 Å². The second-order valence-electron chi connectivity index (χ2n) is 32.1. The number of hydrogen-bond acceptors (Lipinski definition) is 29. The summed E-state index contributed by atoms with van der Waals surface area (Å²) < 4.78 is 34.0. The smallest absolute Gasteiger partial charge is 0.315 e. The quantitative estimate of drug-likeness (QED) is 0.0194. The van der Waals surface area contributed by atoms with Crippen molar-refractivity contribution in [2.24, 2.45) is 17.4 Å². The molecule has 8 amide bonds. The number of urea groups is 3. The second-order valence-corrected chi connectivity index (χ2v) is 32.1. The summed E-state index contributed by atoms with van der Waals surface area (Å²) in [4.78, 5) is 59.1. The first kappa shape index (κ1) is 98.8. The van der Waals surface area contributed by atoms with Gasteiger partial charge >= 0.3 is 18.1 Å². The normalized spacial score (nSPS) is 23.7. The van der Waals surface area contributed by atoms with Crippen molar-refractivity contribution in [1.29, 1.82) is 0 Å². The lowest BCUT2D eigenvalue weighted by molar-refractivity contribution is -0.278. The van der Waals surface area contributed by atoms with E-state index in [1.54, 1.807) is 20.8 Å². The van der Waals surface area contributed by atoms with Crippen LogP contribution in [0.5, 0.6) is 17.6 Å². The van der Waals surface area contributed by atoms with Crippen LogP contribution >= 0.6 is 0 Å². The zero-order chi connectivity index (χ0) is 89.6. The number of H-pyrrole nitrogens is 3. The highest BCUT2D eigenvalue weighted by atomic mass is 16.7. The number of aryl methyl sites for hydroxylation is 2. The number of nitrogens with one attached hydrogen (secondary N) is 9. The molecule has 9 rings (SSSR count). The minimum absolute atomic E-state index is 0.0597. The minimum Gasteiger partial charge on any atom is -0.443 e. The zero-order valence-electron chi connectivity index (χ0n) is 70.1. The highest BCUT2D eigenvalue weighted by molar-refractivity contribution is 5.87. The van der Waals surface area contributed by atoms with Crippen molar-refractivity contribution in [3.8, 4) is 17.6 Å². The fourth-order valence-corrected chi connectivity index (χ4v) is 13.6. The number of nitrogens with zero attached hydrogens (tertiary/aromatic N) is 3. The van der Waals surface area contributed by atoms with Gasteiger partial charge in [0, 0.05) is 72.7 Å². The van der Waals surface area contributed by atoms with Gasteiger partial charge in [0.2, 0.25) is 48.3 Å². The number of hydrogen-bond donors (Lipinski definition) is 26. The molecule has 121 heavy (non-hydrogen) atoms. The largest absolute Gasteiger partial charge is 0.443 e. The van der Waals surface area contributed by atoms with Crippen LogP contribution in [0.1, 0.15) is 165 Å². The minimum atomic E-state index is -1.57. The molecule has 0 spiro atoms. The first-order valence-electron chi connectivity index (χ1n) is 40.2. The topological polar surface area (TPSA) is 654 Å². The van der Waals surface area contributed by atoms with Crippen molar-refractivity contribution >= 4 is 29.9 Å². The third-order valence-electron chi connectivity index (χ3n) is 21.0. The molecule has 28 N–H and O–H groups in total. The van der Waals surface area contributed by atoms with Crippen molar-refractivity contribution in [1.82, 2.24) is 62.5 Å². The Kier molecular flexibility index (Phi) is 37.4. The fraction of sp³-hybridized carbons (Fsp3) is 0.605. The summed E-state index contributed by atoms with van der Waals surface area (Å²) in [6.45, 7) is 20.9. The highest BCUT2D eigenvalue weighted by Gasteiger charge is 2.48. The number of aromatic amines is 3. The van der Waals surface area contributed by atoms with E-state index in [1.165, 1.54) is 6.92 Å². The van der Waals surface area contributed by atoms with Crippen molar-refractivity contribution in [3.05, 3.63) is 139 Å². The van der Waals surface area contributed by atoms with Gasteiger partial charge in [-0.05, 0) is 115 Å². The molecule has 3 fully saturated rings. The van der Waals surface area contributed by atoms with Gasteiger partial charge in [0.15, 0.2) is 0 Å². The second kappa shape index (κ2) is 45.7. The number of nitrogens with two attached hydrogens (primary N) is 2. The summed E-state index contributed by atoms with van der Waals surface area (Å²) in [5, 5.41) is 186. The Balaban J connectivity index is 0.000000250. The SMILES string of the molecule is CC(C)c1[nH]nc(O[C@@H]2O[C@H](CO)[C@H](O)[C@H](O)[C@H]2O)c1Cc1ccc(CCNC(=O)N[C@H](C(N)=O)C(C)C)cc1.Cc1cc(CCNC(=O)NC(C)(CO)CO)ccc1Cc1c(O[C@@H]2O[C@H](CO)[C@@H](O)[C@H](O)[C@H]2O)n[nH]c1C(C)C.Cc1cc(CCNC(=O)N[C@H](C(N)=O)[C@@H](C)O)ccc1Cc1c(O[C@@H]2O[C@H](CO)[C@@H](O)[C@H](O)[C@H]2O)n[nH]c1C(C)C. The Labute approximate surface area is 700 Å². The number of amides is 8. The van der Waals surface area contributed by atoms with Gasteiger partial charge in [0.1, 0.15) is 85.3 Å². The Hall–Kier alpha value is -9.28. The van der Waals surface area contributed by atoms with Crippen LogP contribution in [-0.2, 0) is 62.3 Å². The van der Waals surface area contributed by atoms with E-state index in [2.05, 4.69) is 62.5 Å². The number of aliphatic hydroxyl groups is 15. The summed E-state index contributed by atoms with van der Waals surface area (Å²) in [5.41, 5.74) is 22.0. The summed E-state index contributed by atoms with van der Waals surface area (Å²) in [6.07, 6.45) is -19.3. The van der Waals surface area contributed by atoms with Crippen molar-refractivity contribution in [3.63, 3.8) is 0 Å². The average Bonchev–Trinajstić information content (AvgIpc) is 1.70. The van der Waals surface area contributed by atoms with Crippen LogP contribution in [-0.4, -0.2) is 306 Å². The number of rotatable bonds is 36. The van der Waals surface area contributed by atoms with Crippen molar-refractivity contribution in [2.75, 3.05) is 52.7 Å². The number of benzene rings is 3. The van der Waals surface area contributed by atoms with Crippen molar-refractivity contribution < 1.29 is 129 Å². The lowest BCUT2D eigenvalue weighted by atomic mass is 9.95. The van der Waals surface area contributed by atoms with Crippen LogP contribution < -0.4 is 57.6 Å². The standard InChI is InChI=1S/C27H41N5O9.C27H41N5O8.C27H42N4O9/c1-12(2)19-17(25(32-31-19)41-26-23(37)22(36)21(35)18(11-33)40-26)10-16-6-5-15(9-13(16)3)7-8-29-27(39)30-20(14(4)34)24(28)38;1-13(2)19-17(25(32-31-19)40-26-23(36)22(35)21(34)18(12-33)39-26)11-16-7-5-15(6-8-16)9-10-29-27(38)30-20(14(3)4)24(28)37;1-14(2)20-18(24(31-30-20)40-25-23(37)22(36)21(35)19(11-32)39-25)10-17-6-5-16(9-15(17)3)7-8-28-26(38)29-27(4,12-33)13-34/h5-6,9,12,14,18,20-23,26,33-37H,7-8,10-11H2,1-4H3,(H2,28,38)(H,31,32)(H2,29,30,39);5-8,13-14,18,20-23,26,33-36H,9-12H2,1-4H3,(H2,28,37)(H,31,32)(H2,29,30,38);5-6,9,14,19,21-23,25,32-37H,7-8,10-13H2,1-4H3,(H,30,31)(H2,28,29,38)/t14-,18-,20+,21-,22+,23-,26+;18-,20+,21+,22+,23-,26+;19-,21-,22+,23-,25+/m111/s1. The van der Waals surface area contributed by atoms with Gasteiger partial charge in [0.05, 0.1) is 44.7 Å². The monoisotopic (exact) mass is 1710 g/mol. The predicted molar refractivity (Wildman–Crippen MR) is 434 cm³/mol. The molecule has 3 aliphatic heterocycles. The summed E-state index contributed by atoms with van der Waals surface area (Å²) >= 11 is 0. The Morgan fingerprint density at radius 2 is 0.760 bits per heavy atom. The molecular weight excluding hydrogens is 1580 g/mol. The summed E-state index contributed by atoms with van der Waals surface area (Å²) in [5.74, 6) is -0.784. The number of carbonyl (C=O) groups is 5. The van der Waals surface area contributed by atoms with Gasteiger partial charge in [-0.3, -0.25) is 24.9 Å². The third kappa shape index (κ3) is 26.9. The molecule has 6 aromatic rings. The van der Waals surface area contributed by atoms with E-state index < -0.39 is 166 Å². The van der Waals surface area contributed by atoms with Crippen LogP contribution in [0.25, 0.3) is 0 Å². The fourth-order valence-electron chi connectivity index (χ4n) is 13.6. The first-order chi connectivity index (χ1) is 57.2. The molecule has 18 atom stereocenters. The molecule has 3 saturated heterocycles.